The van der Waals surface area contributed by atoms with Crippen LogP contribution in [0, 0.1) is 5.41 Å². The van der Waals surface area contributed by atoms with E-state index in [9.17, 15) is 4.79 Å². The molecule has 1 aromatic carbocycles. The topological polar surface area (TPSA) is 35.5 Å². The minimum absolute atomic E-state index is 0.140. The molecule has 1 rings (SSSR count). The molecule has 1 atom stereocenters. The lowest BCUT2D eigenvalue weighted by atomic mass is 9.81. The molecule has 0 bridgehead atoms. The quantitative estimate of drug-likeness (QED) is 0.727. The Kier molecular flexibility index (Phi) is 5.20. The summed E-state index contributed by atoms with van der Waals surface area (Å²) in [6.07, 6.45) is 1.37. The largest absolute Gasteiger partial charge is 0.496 e. The molecule has 1 unspecified atom stereocenters. The molecule has 1 aromatic rings. The average Bonchev–Trinajstić information content (AvgIpc) is 2.39. The molecule has 0 amide bonds. The molecule has 18 heavy (non-hydrogen) atoms. The third-order valence-corrected chi connectivity index (χ3v) is 3.32. The maximum absolute atomic E-state index is 12.0. The lowest BCUT2D eigenvalue weighted by Crippen LogP contribution is -2.31. The summed E-state index contributed by atoms with van der Waals surface area (Å²) in [5.74, 6) is 0.680. The zero-order valence-corrected chi connectivity index (χ0v) is 11.7. The molecule has 0 saturated carbocycles. The van der Waals surface area contributed by atoms with Crippen molar-refractivity contribution in [3.05, 3.63) is 29.8 Å². The lowest BCUT2D eigenvalue weighted by Gasteiger charge is -2.26. The average molecular weight is 250 g/mol. The van der Waals surface area contributed by atoms with E-state index in [1.807, 2.05) is 45.0 Å². The van der Waals surface area contributed by atoms with Crippen molar-refractivity contribution in [2.24, 2.45) is 5.41 Å². The number of methoxy groups -OCH3 is 1. The van der Waals surface area contributed by atoms with Crippen molar-refractivity contribution in [1.29, 1.82) is 0 Å². The van der Waals surface area contributed by atoms with E-state index in [1.165, 1.54) is 0 Å². The highest BCUT2D eigenvalue weighted by atomic mass is 16.5. The van der Waals surface area contributed by atoms with E-state index < -0.39 is 5.41 Å². The number of benzene rings is 1. The maximum Gasteiger partial charge on any atom is 0.312 e. The number of carbonyl (C=O) groups excluding carboxylic acids is 1. The standard InChI is InChI=1S/C15H22O3/c1-5-15(3,14(16)18-6-2)11-12-9-7-8-10-13(12)17-4/h7-10H,5-6,11H2,1-4H3. The number of hydrogen-bond donors (Lipinski definition) is 0. The van der Waals surface area contributed by atoms with Gasteiger partial charge in [-0.3, -0.25) is 4.79 Å². The summed E-state index contributed by atoms with van der Waals surface area (Å²) in [6, 6.07) is 7.79. The molecule has 0 fully saturated rings. The monoisotopic (exact) mass is 250 g/mol. The molecule has 0 spiro atoms. The summed E-state index contributed by atoms with van der Waals surface area (Å²) in [5.41, 5.74) is 0.544. The first-order valence-electron chi connectivity index (χ1n) is 6.36. The predicted molar refractivity (Wildman–Crippen MR) is 71.7 cm³/mol. The molecule has 0 aliphatic heterocycles. The predicted octanol–water partition coefficient (Wildman–Crippen LogP) is 3.22. The van der Waals surface area contributed by atoms with Gasteiger partial charge in [-0.2, -0.15) is 0 Å². The van der Waals surface area contributed by atoms with Crippen LogP contribution in [0.4, 0.5) is 0 Å². The van der Waals surface area contributed by atoms with E-state index in [2.05, 4.69) is 0 Å². The number of esters is 1. The van der Waals surface area contributed by atoms with Crippen molar-refractivity contribution in [1.82, 2.24) is 0 Å². The van der Waals surface area contributed by atoms with Gasteiger partial charge in [0.15, 0.2) is 0 Å². The Morgan fingerprint density at radius 3 is 2.50 bits per heavy atom. The summed E-state index contributed by atoms with van der Waals surface area (Å²) in [5, 5.41) is 0. The highest BCUT2D eigenvalue weighted by molar-refractivity contribution is 5.76. The van der Waals surface area contributed by atoms with Crippen LogP contribution in [0.3, 0.4) is 0 Å². The van der Waals surface area contributed by atoms with Crippen molar-refractivity contribution in [3.63, 3.8) is 0 Å². The molecule has 0 aliphatic rings. The fraction of sp³-hybridized carbons (Fsp3) is 0.533. The van der Waals surface area contributed by atoms with E-state index in [1.54, 1.807) is 7.11 Å². The van der Waals surface area contributed by atoms with Gasteiger partial charge in [0.2, 0.25) is 0 Å². The zero-order valence-electron chi connectivity index (χ0n) is 11.7. The van der Waals surface area contributed by atoms with Crippen LogP contribution in [-0.2, 0) is 16.0 Å². The van der Waals surface area contributed by atoms with Crippen molar-refractivity contribution >= 4 is 5.97 Å². The van der Waals surface area contributed by atoms with Gasteiger partial charge in [0, 0.05) is 0 Å². The van der Waals surface area contributed by atoms with Crippen LogP contribution >= 0.6 is 0 Å². The van der Waals surface area contributed by atoms with Crippen LogP contribution in [-0.4, -0.2) is 19.7 Å². The fourth-order valence-corrected chi connectivity index (χ4v) is 1.92. The molecular formula is C15H22O3. The summed E-state index contributed by atoms with van der Waals surface area (Å²) in [7, 11) is 1.65. The van der Waals surface area contributed by atoms with E-state index in [0.29, 0.717) is 13.0 Å². The maximum atomic E-state index is 12.0. The van der Waals surface area contributed by atoms with Crippen LogP contribution in [0.1, 0.15) is 32.8 Å². The van der Waals surface area contributed by atoms with Crippen LogP contribution < -0.4 is 4.74 Å². The normalized spacial score (nSPS) is 13.8. The SMILES string of the molecule is CCOC(=O)C(C)(CC)Cc1ccccc1OC. The molecule has 0 heterocycles. The van der Waals surface area contributed by atoms with Gasteiger partial charge in [-0.25, -0.2) is 0 Å². The van der Waals surface area contributed by atoms with Gasteiger partial charge in [-0.15, -0.1) is 0 Å². The summed E-state index contributed by atoms with van der Waals surface area (Å²) >= 11 is 0. The molecule has 3 heteroatoms. The molecular weight excluding hydrogens is 228 g/mol. The van der Waals surface area contributed by atoms with E-state index in [0.717, 1.165) is 17.7 Å². The minimum Gasteiger partial charge on any atom is -0.496 e. The molecule has 100 valence electrons. The van der Waals surface area contributed by atoms with Gasteiger partial charge in [-0.05, 0) is 38.3 Å². The van der Waals surface area contributed by atoms with Crippen molar-refractivity contribution < 1.29 is 14.3 Å². The lowest BCUT2D eigenvalue weighted by molar-refractivity contribution is -0.154. The molecule has 0 aromatic heterocycles. The Morgan fingerprint density at radius 1 is 1.28 bits per heavy atom. The number of rotatable bonds is 6. The van der Waals surface area contributed by atoms with Crippen molar-refractivity contribution in [2.75, 3.05) is 13.7 Å². The second-order valence-electron chi connectivity index (χ2n) is 4.62. The number of ether oxygens (including phenoxy) is 2. The van der Waals surface area contributed by atoms with Gasteiger partial charge >= 0.3 is 5.97 Å². The van der Waals surface area contributed by atoms with Gasteiger partial charge in [0.1, 0.15) is 5.75 Å². The van der Waals surface area contributed by atoms with Gasteiger partial charge in [-0.1, -0.05) is 25.1 Å². The second-order valence-corrected chi connectivity index (χ2v) is 4.62. The number of para-hydroxylation sites is 1. The highest BCUT2D eigenvalue weighted by Gasteiger charge is 2.33. The molecule has 0 saturated heterocycles. The number of hydrogen-bond acceptors (Lipinski definition) is 3. The Morgan fingerprint density at radius 2 is 1.94 bits per heavy atom. The van der Waals surface area contributed by atoms with Crippen LogP contribution in [0.15, 0.2) is 24.3 Å². The van der Waals surface area contributed by atoms with Gasteiger partial charge < -0.3 is 9.47 Å². The molecule has 3 nitrogen and oxygen atoms in total. The van der Waals surface area contributed by atoms with Gasteiger partial charge in [0.05, 0.1) is 19.1 Å². The van der Waals surface area contributed by atoms with Gasteiger partial charge in [0.25, 0.3) is 0 Å². The highest BCUT2D eigenvalue weighted by Crippen LogP contribution is 2.31. The first-order valence-corrected chi connectivity index (χ1v) is 6.36. The minimum atomic E-state index is -0.495. The Labute approximate surface area is 109 Å². The first kappa shape index (κ1) is 14.6. The van der Waals surface area contributed by atoms with Crippen LogP contribution in [0.25, 0.3) is 0 Å². The fourth-order valence-electron chi connectivity index (χ4n) is 1.92. The first-order chi connectivity index (χ1) is 8.57. The van der Waals surface area contributed by atoms with Crippen LogP contribution in [0.5, 0.6) is 5.75 Å². The summed E-state index contributed by atoms with van der Waals surface area (Å²) in [6.45, 7) is 6.20. The third-order valence-electron chi connectivity index (χ3n) is 3.32. The second kappa shape index (κ2) is 6.43. The van der Waals surface area contributed by atoms with E-state index in [4.69, 9.17) is 9.47 Å². The van der Waals surface area contributed by atoms with Crippen molar-refractivity contribution in [3.8, 4) is 5.75 Å². The zero-order chi connectivity index (χ0) is 13.6. The van der Waals surface area contributed by atoms with Crippen molar-refractivity contribution in [2.45, 2.75) is 33.6 Å². The molecule has 0 radical (unpaired) electrons. The third kappa shape index (κ3) is 3.25. The Hall–Kier alpha value is -1.51. The Balaban J connectivity index is 2.94. The van der Waals surface area contributed by atoms with Crippen LogP contribution in [0.2, 0.25) is 0 Å². The number of carbonyl (C=O) groups is 1. The van der Waals surface area contributed by atoms with E-state index in [-0.39, 0.29) is 5.97 Å². The summed E-state index contributed by atoms with van der Waals surface area (Å²) < 4.78 is 10.5. The Bertz CT molecular complexity index is 400. The summed E-state index contributed by atoms with van der Waals surface area (Å²) in [4.78, 5) is 12.0. The smallest absolute Gasteiger partial charge is 0.312 e. The molecule has 0 aliphatic carbocycles. The van der Waals surface area contributed by atoms with E-state index >= 15 is 0 Å². The molecule has 0 N–H and O–H groups in total.